The van der Waals surface area contributed by atoms with Gasteiger partial charge in [-0.05, 0) is 68.9 Å². The number of nitrogens with one attached hydrogen (secondary N) is 2. The second kappa shape index (κ2) is 16.8. The van der Waals surface area contributed by atoms with Crippen LogP contribution in [-0.4, -0.2) is 93.6 Å². The van der Waals surface area contributed by atoms with E-state index in [9.17, 15) is 19.2 Å². The van der Waals surface area contributed by atoms with E-state index in [0.717, 1.165) is 44.7 Å². The minimum Gasteiger partial charge on any atom is -0.464 e. The molecule has 1 fully saturated rings. The van der Waals surface area contributed by atoms with Gasteiger partial charge in [-0.15, -0.1) is 11.3 Å². The molecule has 4 atom stereocenters. The van der Waals surface area contributed by atoms with Gasteiger partial charge in [0.2, 0.25) is 11.8 Å². The summed E-state index contributed by atoms with van der Waals surface area (Å²) in [6.45, 7) is 14.7. The van der Waals surface area contributed by atoms with Crippen molar-refractivity contribution in [2.45, 2.75) is 105 Å². The maximum atomic E-state index is 14.3. The fraction of sp³-hybridized carbons (Fsp3) is 0.524. The van der Waals surface area contributed by atoms with Crippen LogP contribution in [0.3, 0.4) is 0 Å². The number of carbonyl (C=O) groups is 4. The highest BCUT2D eigenvalue weighted by molar-refractivity contribution is 7.10. The molecule has 300 valence electrons. The molecule has 3 amide bonds. The maximum Gasteiger partial charge on any atom is 0.324 e. The number of thiazole rings is 1. The van der Waals surface area contributed by atoms with Gasteiger partial charge in [-0.2, -0.15) is 0 Å². The van der Waals surface area contributed by atoms with Gasteiger partial charge in [-0.25, -0.2) is 10.4 Å². The molecule has 0 aliphatic carbocycles. The van der Waals surface area contributed by atoms with Crippen molar-refractivity contribution in [3.8, 4) is 22.5 Å². The second-order valence-electron chi connectivity index (χ2n) is 16.1. The minimum absolute atomic E-state index is 0.122. The predicted octanol–water partition coefficient (Wildman–Crippen LogP) is 5.71. The molecule has 5 heterocycles. The van der Waals surface area contributed by atoms with Crippen molar-refractivity contribution in [1.82, 2.24) is 35.2 Å². The van der Waals surface area contributed by atoms with Crippen LogP contribution in [0.15, 0.2) is 41.9 Å². The summed E-state index contributed by atoms with van der Waals surface area (Å²) in [5, 5.41) is 8.10. The standard InChI is InChI=1S/C42H55N7O6S/c1-10-48-34-16-15-27-19-29(34)30(38(48)28-13-11-17-43-36(28)25(4)54-9)21-42(6,7)23-55-41(53)31-14-12-18-49(46-31)40(52)32(20-35-44-33(27)22-56-35)45-39(51)37(24(2)3)47(8)26(5)50/h11,13,15-17,19,22,24-25,31-32,37,46H,10,12,14,18,20-21,23H2,1-9H3,(H,45,51)/t25-,31-,32-,37-/m0/s1. The molecule has 2 aliphatic rings. The van der Waals surface area contributed by atoms with Gasteiger partial charge in [-0.1, -0.05) is 33.8 Å². The Hall–Kier alpha value is -4.66. The van der Waals surface area contributed by atoms with Crippen molar-refractivity contribution in [2.75, 3.05) is 27.3 Å². The van der Waals surface area contributed by atoms with Crippen LogP contribution in [0.2, 0.25) is 0 Å². The molecule has 2 aliphatic heterocycles. The van der Waals surface area contributed by atoms with E-state index in [4.69, 9.17) is 19.4 Å². The van der Waals surface area contributed by atoms with Crippen LogP contribution in [0.25, 0.3) is 33.4 Å². The molecule has 6 rings (SSSR count). The summed E-state index contributed by atoms with van der Waals surface area (Å²) < 4.78 is 14.2. The van der Waals surface area contributed by atoms with Gasteiger partial charge in [0.05, 0.1) is 34.8 Å². The second-order valence-corrected chi connectivity index (χ2v) is 17.0. The number of carbonyl (C=O) groups excluding carboxylic acids is 4. The monoisotopic (exact) mass is 785 g/mol. The van der Waals surface area contributed by atoms with Gasteiger partial charge in [0.15, 0.2) is 0 Å². The highest BCUT2D eigenvalue weighted by Crippen LogP contribution is 2.42. The first kappa shape index (κ1) is 41.0. The van der Waals surface area contributed by atoms with E-state index in [2.05, 4.69) is 60.3 Å². The normalized spacial score (nSPS) is 20.0. The predicted molar refractivity (Wildman–Crippen MR) is 216 cm³/mol. The molecule has 0 radical (unpaired) electrons. The lowest BCUT2D eigenvalue weighted by Gasteiger charge is -2.36. The van der Waals surface area contributed by atoms with Crippen LogP contribution in [0, 0.1) is 11.3 Å². The van der Waals surface area contributed by atoms with Gasteiger partial charge >= 0.3 is 5.97 Å². The molecule has 14 heteroatoms. The van der Waals surface area contributed by atoms with Gasteiger partial charge in [0.25, 0.3) is 5.91 Å². The number of likely N-dealkylation sites (N-methyl/N-ethyl adjacent to an activating group) is 1. The Bertz CT molecular complexity index is 2110. The number of esters is 1. The Morgan fingerprint density at radius 1 is 1.20 bits per heavy atom. The van der Waals surface area contributed by atoms with E-state index in [0.29, 0.717) is 37.4 Å². The number of methoxy groups -OCH3 is 1. The zero-order valence-electron chi connectivity index (χ0n) is 34.0. The number of cyclic esters (lactones) is 1. The summed E-state index contributed by atoms with van der Waals surface area (Å²) in [6, 6.07) is 7.88. The molecule has 0 saturated carbocycles. The third-order valence-electron chi connectivity index (χ3n) is 11.0. The Labute approximate surface area is 333 Å². The van der Waals surface area contributed by atoms with Gasteiger partial charge < -0.3 is 24.3 Å². The third kappa shape index (κ3) is 8.37. The van der Waals surface area contributed by atoms with Crippen LogP contribution in [-0.2, 0) is 48.0 Å². The summed E-state index contributed by atoms with van der Waals surface area (Å²) in [4.78, 5) is 65.4. The van der Waals surface area contributed by atoms with E-state index < -0.39 is 35.4 Å². The fourth-order valence-electron chi connectivity index (χ4n) is 7.94. The lowest BCUT2D eigenvalue weighted by Crippen LogP contribution is -2.62. The summed E-state index contributed by atoms with van der Waals surface area (Å²) in [5.41, 5.74) is 9.37. The Balaban J connectivity index is 1.48. The summed E-state index contributed by atoms with van der Waals surface area (Å²) in [6.07, 6.45) is 3.33. The van der Waals surface area contributed by atoms with Crippen LogP contribution < -0.4 is 10.7 Å². The number of ether oxygens (including phenoxy) is 2. The van der Waals surface area contributed by atoms with Crippen molar-refractivity contribution >= 4 is 45.9 Å². The number of fused-ring (bicyclic) bond motifs is 6. The van der Waals surface area contributed by atoms with Crippen molar-refractivity contribution in [3.63, 3.8) is 0 Å². The summed E-state index contributed by atoms with van der Waals surface area (Å²) in [5.74, 6) is -1.73. The number of pyridine rings is 1. The highest BCUT2D eigenvalue weighted by Gasteiger charge is 2.37. The molecule has 56 heavy (non-hydrogen) atoms. The van der Waals surface area contributed by atoms with E-state index >= 15 is 0 Å². The Morgan fingerprint density at radius 2 is 1.96 bits per heavy atom. The van der Waals surface area contributed by atoms with Crippen molar-refractivity contribution < 1.29 is 28.7 Å². The number of hydrazine groups is 1. The average Bonchev–Trinajstić information content (AvgIpc) is 3.77. The largest absolute Gasteiger partial charge is 0.464 e. The summed E-state index contributed by atoms with van der Waals surface area (Å²) >= 11 is 1.42. The number of hydrogen-bond donors (Lipinski definition) is 2. The van der Waals surface area contributed by atoms with Gasteiger partial charge in [0, 0.05) is 79.6 Å². The van der Waals surface area contributed by atoms with E-state index in [-0.39, 0.29) is 36.9 Å². The van der Waals surface area contributed by atoms with Gasteiger partial charge in [-0.3, -0.25) is 29.2 Å². The van der Waals surface area contributed by atoms with E-state index in [1.807, 2.05) is 32.2 Å². The minimum atomic E-state index is -1.01. The Kier molecular flexibility index (Phi) is 12.3. The lowest BCUT2D eigenvalue weighted by atomic mass is 9.84. The molecule has 1 saturated heterocycles. The van der Waals surface area contributed by atoms with Crippen LogP contribution >= 0.6 is 11.3 Å². The number of nitrogens with zero attached hydrogens (tertiary/aromatic N) is 5. The average molecular weight is 786 g/mol. The zero-order valence-corrected chi connectivity index (χ0v) is 34.8. The first-order valence-corrected chi connectivity index (χ1v) is 20.4. The van der Waals surface area contributed by atoms with Crippen molar-refractivity contribution in [1.29, 1.82) is 0 Å². The van der Waals surface area contributed by atoms with E-state index in [1.54, 1.807) is 20.4 Å². The quantitative estimate of drug-likeness (QED) is 0.215. The van der Waals surface area contributed by atoms with Crippen LogP contribution in [0.1, 0.15) is 83.7 Å². The van der Waals surface area contributed by atoms with Crippen molar-refractivity contribution in [2.24, 2.45) is 11.3 Å². The number of aromatic nitrogens is 3. The lowest BCUT2D eigenvalue weighted by molar-refractivity contribution is -0.155. The molecule has 1 aromatic carbocycles. The number of amides is 3. The molecule has 2 N–H and O–H groups in total. The number of rotatable bonds is 8. The molecule has 0 unspecified atom stereocenters. The molecule has 4 aromatic rings. The number of aryl methyl sites for hydroxylation is 1. The molecular formula is C42H55N7O6S. The van der Waals surface area contributed by atoms with Crippen molar-refractivity contribution in [3.05, 3.63) is 58.2 Å². The topological polar surface area (TPSA) is 148 Å². The van der Waals surface area contributed by atoms with Crippen LogP contribution in [0.5, 0.6) is 0 Å². The zero-order chi connectivity index (χ0) is 40.5. The van der Waals surface area contributed by atoms with Crippen LogP contribution in [0.4, 0.5) is 0 Å². The third-order valence-corrected chi connectivity index (χ3v) is 11.8. The SMILES string of the molecule is CCn1c(-c2cccnc2[C@H](C)OC)c2c3cc(ccc31)-c1csc(n1)C[C@H](NC(=O)[C@H](C(C)C)N(C)C(C)=O)C(=O)N1CCC[C@H](N1)C(=O)OCC(C)(C)C2. The molecule has 13 nitrogen and oxygen atoms in total. The summed E-state index contributed by atoms with van der Waals surface area (Å²) in [7, 11) is 3.27. The first-order chi connectivity index (χ1) is 26.6. The maximum absolute atomic E-state index is 14.3. The van der Waals surface area contributed by atoms with Gasteiger partial charge in [0.1, 0.15) is 18.1 Å². The molecule has 0 spiro atoms. The number of benzene rings is 1. The first-order valence-electron chi connectivity index (χ1n) is 19.5. The molecule has 6 bridgehead atoms. The fourth-order valence-corrected chi connectivity index (χ4v) is 8.79. The smallest absolute Gasteiger partial charge is 0.324 e. The molecular weight excluding hydrogens is 731 g/mol. The Morgan fingerprint density at radius 3 is 2.66 bits per heavy atom. The van der Waals surface area contributed by atoms with E-state index in [1.165, 1.54) is 28.2 Å². The molecule has 3 aromatic heterocycles. The highest BCUT2D eigenvalue weighted by atomic mass is 32.1. The number of hydrogen-bond acceptors (Lipinski definition) is 10.